The first-order valence-corrected chi connectivity index (χ1v) is 9.04. The van der Waals surface area contributed by atoms with E-state index in [-0.39, 0.29) is 17.5 Å². The molecule has 4 nitrogen and oxygen atoms in total. The molecule has 1 aromatic carbocycles. The Morgan fingerprint density at radius 1 is 1.15 bits per heavy atom. The maximum atomic E-state index is 9.85. The molecule has 0 heterocycles. The Morgan fingerprint density at radius 2 is 1.81 bits per heavy atom. The van der Waals surface area contributed by atoms with Crippen LogP contribution in [0.5, 0.6) is 0 Å². The standard InChI is InChI=1S/C22H22N4/c1-3-15-5-7-16(8-6-15)20-17-10-14(2)4-9-19(17)22(12-24,13-25)21(26)18(20)11-23/h5-9,14,17,20H,3-4,10,26H2,1-2H3/t14-,17+,20-/m0/s1. The molecule has 0 fully saturated rings. The highest BCUT2D eigenvalue weighted by atomic mass is 14.7. The van der Waals surface area contributed by atoms with E-state index < -0.39 is 5.41 Å². The van der Waals surface area contributed by atoms with Crippen molar-refractivity contribution in [1.29, 1.82) is 15.8 Å². The summed E-state index contributed by atoms with van der Waals surface area (Å²) in [6.45, 7) is 4.27. The maximum absolute atomic E-state index is 9.85. The molecule has 2 aliphatic rings. The third kappa shape index (κ3) is 2.49. The van der Waals surface area contributed by atoms with Crippen LogP contribution >= 0.6 is 0 Å². The molecule has 0 bridgehead atoms. The lowest BCUT2D eigenvalue weighted by Crippen LogP contribution is -2.41. The molecular weight excluding hydrogens is 320 g/mol. The summed E-state index contributed by atoms with van der Waals surface area (Å²) in [4.78, 5) is 0. The van der Waals surface area contributed by atoms with Gasteiger partial charge in [-0.05, 0) is 47.8 Å². The Balaban J connectivity index is 2.26. The highest BCUT2D eigenvalue weighted by molar-refractivity contribution is 5.58. The van der Waals surface area contributed by atoms with E-state index >= 15 is 0 Å². The van der Waals surface area contributed by atoms with E-state index in [1.165, 1.54) is 5.56 Å². The minimum atomic E-state index is -1.52. The first-order valence-electron chi connectivity index (χ1n) is 9.04. The third-order valence-corrected chi connectivity index (χ3v) is 5.84. The summed E-state index contributed by atoms with van der Waals surface area (Å²) in [6.07, 6.45) is 4.63. The Labute approximate surface area is 154 Å². The quantitative estimate of drug-likeness (QED) is 0.818. The van der Waals surface area contributed by atoms with Crippen molar-refractivity contribution >= 4 is 0 Å². The molecular formula is C22H22N4. The molecule has 130 valence electrons. The molecule has 26 heavy (non-hydrogen) atoms. The lowest BCUT2D eigenvalue weighted by atomic mass is 9.57. The number of nitrogens with two attached hydrogens (primary N) is 1. The Hall–Kier alpha value is -3.03. The molecule has 4 heteroatoms. The van der Waals surface area contributed by atoms with Crippen LogP contribution in [0.15, 0.2) is 47.2 Å². The van der Waals surface area contributed by atoms with Crippen molar-refractivity contribution in [1.82, 2.24) is 0 Å². The Bertz CT molecular complexity index is 885. The molecule has 0 saturated carbocycles. The number of allylic oxidation sites excluding steroid dienone is 3. The van der Waals surface area contributed by atoms with Gasteiger partial charge in [-0.15, -0.1) is 0 Å². The van der Waals surface area contributed by atoms with Crippen molar-refractivity contribution in [3.63, 3.8) is 0 Å². The molecule has 0 aliphatic heterocycles. The number of benzene rings is 1. The van der Waals surface area contributed by atoms with Gasteiger partial charge in [0.05, 0.1) is 29.5 Å². The van der Waals surface area contributed by atoms with Gasteiger partial charge < -0.3 is 5.73 Å². The smallest absolute Gasteiger partial charge is 0.204 e. The Morgan fingerprint density at radius 3 is 2.35 bits per heavy atom. The third-order valence-electron chi connectivity index (χ3n) is 5.84. The molecule has 2 N–H and O–H groups in total. The van der Waals surface area contributed by atoms with Crippen LogP contribution < -0.4 is 5.73 Å². The maximum Gasteiger partial charge on any atom is 0.204 e. The topological polar surface area (TPSA) is 97.4 Å². The van der Waals surface area contributed by atoms with Crippen LogP contribution in [-0.4, -0.2) is 0 Å². The predicted octanol–water partition coefficient (Wildman–Crippen LogP) is 4.09. The fourth-order valence-corrected chi connectivity index (χ4v) is 4.37. The van der Waals surface area contributed by atoms with Gasteiger partial charge in [0.2, 0.25) is 5.41 Å². The number of rotatable bonds is 2. The number of fused-ring (bicyclic) bond motifs is 1. The van der Waals surface area contributed by atoms with Gasteiger partial charge in [0.1, 0.15) is 0 Å². The van der Waals surface area contributed by atoms with Crippen molar-refractivity contribution in [3.05, 3.63) is 58.3 Å². The summed E-state index contributed by atoms with van der Waals surface area (Å²) < 4.78 is 0. The molecule has 0 saturated heterocycles. The van der Waals surface area contributed by atoms with Crippen molar-refractivity contribution in [2.45, 2.75) is 39.0 Å². The summed E-state index contributed by atoms with van der Waals surface area (Å²) in [5.74, 6) is 0.192. The number of nitriles is 3. The van der Waals surface area contributed by atoms with Crippen molar-refractivity contribution in [3.8, 4) is 18.2 Å². The van der Waals surface area contributed by atoms with Crippen LogP contribution in [0.25, 0.3) is 0 Å². The SMILES string of the molecule is CCc1ccc([C@@H]2C(C#N)=C(N)C(C#N)(C#N)C3=CC[C@H](C)C[C@H]32)cc1. The van der Waals surface area contributed by atoms with Crippen LogP contribution in [0.3, 0.4) is 0 Å². The summed E-state index contributed by atoms with van der Waals surface area (Å²) in [6, 6.07) is 14.7. The molecule has 0 amide bonds. The lowest BCUT2D eigenvalue weighted by Gasteiger charge is -2.43. The van der Waals surface area contributed by atoms with Crippen LogP contribution in [0.2, 0.25) is 0 Å². The largest absolute Gasteiger partial charge is 0.399 e. The molecule has 0 unspecified atom stereocenters. The average molecular weight is 342 g/mol. The van der Waals surface area contributed by atoms with Crippen molar-refractivity contribution < 1.29 is 0 Å². The number of aryl methyl sites for hydroxylation is 1. The van der Waals surface area contributed by atoms with E-state index in [1.54, 1.807) is 0 Å². The van der Waals surface area contributed by atoms with Gasteiger partial charge in [-0.1, -0.05) is 44.2 Å². The van der Waals surface area contributed by atoms with Gasteiger partial charge in [0.15, 0.2) is 0 Å². The normalized spacial score (nSPS) is 26.7. The van der Waals surface area contributed by atoms with E-state index in [2.05, 4.69) is 56.3 Å². The first-order chi connectivity index (χ1) is 12.5. The van der Waals surface area contributed by atoms with E-state index in [0.717, 1.165) is 30.4 Å². The highest BCUT2D eigenvalue weighted by Gasteiger charge is 2.52. The van der Waals surface area contributed by atoms with Gasteiger partial charge >= 0.3 is 0 Å². The second-order valence-corrected chi connectivity index (χ2v) is 7.33. The zero-order valence-electron chi connectivity index (χ0n) is 15.2. The van der Waals surface area contributed by atoms with Crippen LogP contribution in [-0.2, 0) is 6.42 Å². The van der Waals surface area contributed by atoms with E-state index in [9.17, 15) is 15.8 Å². The van der Waals surface area contributed by atoms with Crippen LogP contribution in [0, 0.1) is 51.2 Å². The molecule has 0 spiro atoms. The summed E-state index contributed by atoms with van der Waals surface area (Å²) >= 11 is 0. The minimum Gasteiger partial charge on any atom is -0.399 e. The second-order valence-electron chi connectivity index (χ2n) is 7.33. The average Bonchev–Trinajstić information content (AvgIpc) is 2.68. The molecule has 1 aromatic rings. The first kappa shape index (κ1) is 17.8. The monoisotopic (exact) mass is 342 g/mol. The second kappa shape index (κ2) is 6.70. The molecule has 3 atom stereocenters. The predicted molar refractivity (Wildman–Crippen MR) is 99.0 cm³/mol. The van der Waals surface area contributed by atoms with Gasteiger partial charge in [0.25, 0.3) is 0 Å². The number of hydrogen-bond acceptors (Lipinski definition) is 4. The van der Waals surface area contributed by atoms with Crippen LogP contribution in [0.1, 0.15) is 43.7 Å². The molecule has 0 radical (unpaired) electrons. The summed E-state index contributed by atoms with van der Waals surface area (Å²) in [5.41, 5.74) is 8.28. The number of nitrogens with zero attached hydrogens (tertiary/aromatic N) is 3. The van der Waals surface area contributed by atoms with Gasteiger partial charge in [0, 0.05) is 5.92 Å². The van der Waals surface area contributed by atoms with E-state index in [1.807, 2.05) is 6.08 Å². The molecule has 2 aliphatic carbocycles. The van der Waals surface area contributed by atoms with Crippen molar-refractivity contribution in [2.24, 2.45) is 23.0 Å². The fourth-order valence-electron chi connectivity index (χ4n) is 4.37. The fraction of sp³-hybridized carbons (Fsp3) is 0.409. The van der Waals surface area contributed by atoms with E-state index in [4.69, 9.17) is 5.73 Å². The van der Waals surface area contributed by atoms with Crippen LogP contribution in [0.4, 0.5) is 0 Å². The van der Waals surface area contributed by atoms with Gasteiger partial charge in [-0.2, -0.15) is 15.8 Å². The highest BCUT2D eigenvalue weighted by Crippen LogP contribution is 2.55. The molecule has 3 rings (SSSR count). The zero-order chi connectivity index (χ0) is 18.9. The number of hydrogen-bond donors (Lipinski definition) is 1. The zero-order valence-corrected chi connectivity index (χ0v) is 15.2. The van der Waals surface area contributed by atoms with Gasteiger partial charge in [-0.3, -0.25) is 0 Å². The summed E-state index contributed by atoms with van der Waals surface area (Å²) in [5, 5.41) is 29.5. The molecule has 0 aromatic heterocycles. The Kier molecular flexibility index (Phi) is 4.58. The lowest BCUT2D eigenvalue weighted by molar-refractivity contribution is 0.334. The van der Waals surface area contributed by atoms with Gasteiger partial charge in [-0.25, -0.2) is 0 Å². The minimum absolute atomic E-state index is 0.0486. The summed E-state index contributed by atoms with van der Waals surface area (Å²) in [7, 11) is 0. The van der Waals surface area contributed by atoms with E-state index in [0.29, 0.717) is 11.5 Å². The van der Waals surface area contributed by atoms with Crippen molar-refractivity contribution in [2.75, 3.05) is 0 Å².